The number of fused-ring (bicyclic) bond motifs is 1. The first-order valence-corrected chi connectivity index (χ1v) is 11.1. The highest BCUT2D eigenvalue weighted by molar-refractivity contribution is 5.92. The van der Waals surface area contributed by atoms with Crippen molar-refractivity contribution in [2.24, 2.45) is 5.92 Å². The smallest absolute Gasteiger partial charge is 0.227 e. The second kappa shape index (κ2) is 9.05. The first kappa shape index (κ1) is 21.7. The molecule has 0 atom stereocenters. The minimum Gasteiger partial charge on any atom is -0.497 e. The number of aromatic nitrogens is 5. The zero-order valence-corrected chi connectivity index (χ0v) is 18.6. The molecule has 9 nitrogen and oxygen atoms in total. The number of ether oxygens (including phenoxy) is 1. The summed E-state index contributed by atoms with van der Waals surface area (Å²) < 4.78 is 21.4. The SMILES string of the molecule is COc1cccc(NC(=O)[C@H]2CC[C@@H](n3cnc4c(N)nc(-c5cccnc5F)nc43)CC2)c1. The molecule has 0 bridgehead atoms. The molecule has 5 rings (SSSR count). The van der Waals surface area contributed by atoms with Crippen LogP contribution in [0.25, 0.3) is 22.6 Å². The van der Waals surface area contributed by atoms with Gasteiger partial charge in [0.1, 0.15) is 11.3 Å². The Morgan fingerprint density at radius 1 is 1.15 bits per heavy atom. The lowest BCUT2D eigenvalue weighted by molar-refractivity contribution is -0.120. The first-order valence-electron chi connectivity index (χ1n) is 11.1. The predicted octanol–water partition coefficient (Wildman–Crippen LogP) is 3.99. The lowest BCUT2D eigenvalue weighted by Gasteiger charge is -2.28. The van der Waals surface area contributed by atoms with Gasteiger partial charge in [-0.2, -0.15) is 4.39 Å². The Kier molecular flexibility index (Phi) is 5.79. The fourth-order valence-electron chi connectivity index (χ4n) is 4.44. The number of carbonyl (C=O) groups excluding carboxylic acids is 1. The topological polar surface area (TPSA) is 121 Å². The van der Waals surface area contributed by atoms with E-state index in [9.17, 15) is 9.18 Å². The molecule has 0 radical (unpaired) electrons. The highest BCUT2D eigenvalue weighted by Crippen LogP contribution is 2.35. The fraction of sp³-hybridized carbons (Fsp3) is 0.292. The monoisotopic (exact) mass is 461 g/mol. The average molecular weight is 462 g/mol. The average Bonchev–Trinajstić information content (AvgIpc) is 3.29. The summed E-state index contributed by atoms with van der Waals surface area (Å²) in [6, 6.07) is 10.6. The molecule has 1 saturated carbocycles. The lowest BCUT2D eigenvalue weighted by Crippen LogP contribution is -2.28. The molecular weight excluding hydrogens is 437 g/mol. The Hall–Kier alpha value is -4.08. The fourth-order valence-corrected chi connectivity index (χ4v) is 4.44. The highest BCUT2D eigenvalue weighted by Gasteiger charge is 2.29. The summed E-state index contributed by atoms with van der Waals surface area (Å²) in [5, 5.41) is 2.99. The predicted molar refractivity (Wildman–Crippen MR) is 126 cm³/mol. The number of hydrogen-bond acceptors (Lipinski definition) is 7. The minimum atomic E-state index is -0.658. The molecule has 0 unspecified atom stereocenters. The molecule has 0 saturated heterocycles. The highest BCUT2D eigenvalue weighted by atomic mass is 19.1. The summed E-state index contributed by atoms with van der Waals surface area (Å²) >= 11 is 0. The van der Waals surface area contributed by atoms with Gasteiger partial charge in [0.2, 0.25) is 11.9 Å². The lowest BCUT2D eigenvalue weighted by atomic mass is 9.85. The van der Waals surface area contributed by atoms with Crippen LogP contribution in [0.1, 0.15) is 31.7 Å². The molecule has 10 heteroatoms. The van der Waals surface area contributed by atoms with Crippen molar-refractivity contribution in [3.63, 3.8) is 0 Å². The molecule has 0 spiro atoms. The molecule has 34 heavy (non-hydrogen) atoms. The van der Waals surface area contributed by atoms with E-state index >= 15 is 0 Å². The van der Waals surface area contributed by atoms with Gasteiger partial charge in [-0.15, -0.1) is 0 Å². The van der Waals surface area contributed by atoms with Crippen molar-refractivity contribution in [2.45, 2.75) is 31.7 Å². The number of nitrogen functional groups attached to an aromatic ring is 1. The summed E-state index contributed by atoms with van der Waals surface area (Å²) in [4.78, 5) is 29.7. The molecule has 1 amide bonds. The van der Waals surface area contributed by atoms with E-state index in [4.69, 9.17) is 10.5 Å². The van der Waals surface area contributed by atoms with Gasteiger partial charge >= 0.3 is 0 Å². The zero-order chi connectivity index (χ0) is 23.7. The van der Waals surface area contributed by atoms with Gasteiger partial charge in [0.25, 0.3) is 0 Å². The number of nitrogens with two attached hydrogens (primary N) is 1. The standard InChI is InChI=1S/C24H24FN7O2/c1-34-17-5-2-4-15(12-17)29-24(33)14-7-9-16(10-8-14)32-13-28-19-21(26)30-22(31-23(19)32)18-6-3-11-27-20(18)25/h2-6,11-14,16H,7-10H2,1H3,(H,29,33)(H2,26,30,31)/t14-,16+. The van der Waals surface area contributed by atoms with E-state index in [0.29, 0.717) is 16.9 Å². The van der Waals surface area contributed by atoms with E-state index in [-0.39, 0.29) is 35.1 Å². The van der Waals surface area contributed by atoms with Gasteiger partial charge in [-0.05, 0) is 49.9 Å². The molecule has 1 fully saturated rings. The molecular formula is C24H24FN7O2. The van der Waals surface area contributed by atoms with Crippen LogP contribution in [0.15, 0.2) is 48.9 Å². The van der Waals surface area contributed by atoms with Crippen molar-refractivity contribution in [2.75, 3.05) is 18.2 Å². The molecule has 3 heterocycles. The van der Waals surface area contributed by atoms with Crippen LogP contribution < -0.4 is 15.8 Å². The summed E-state index contributed by atoms with van der Waals surface area (Å²) in [6.45, 7) is 0. The second-order valence-corrected chi connectivity index (χ2v) is 8.32. The Morgan fingerprint density at radius 3 is 2.74 bits per heavy atom. The number of carbonyl (C=O) groups is 1. The number of imidazole rings is 1. The molecule has 174 valence electrons. The molecule has 0 aliphatic heterocycles. The normalized spacial score (nSPS) is 18.1. The van der Waals surface area contributed by atoms with Crippen LogP contribution in [-0.4, -0.2) is 37.5 Å². The number of hydrogen-bond donors (Lipinski definition) is 2. The van der Waals surface area contributed by atoms with E-state index in [1.807, 2.05) is 22.8 Å². The van der Waals surface area contributed by atoms with Gasteiger partial charge in [-0.25, -0.2) is 19.9 Å². The number of rotatable bonds is 5. The summed E-state index contributed by atoms with van der Waals surface area (Å²) in [5.74, 6) is 0.312. The maximum Gasteiger partial charge on any atom is 0.227 e. The summed E-state index contributed by atoms with van der Waals surface area (Å²) in [6.07, 6.45) is 6.08. The number of pyridine rings is 1. The number of nitrogens with zero attached hydrogens (tertiary/aromatic N) is 5. The molecule has 1 aliphatic rings. The van der Waals surface area contributed by atoms with E-state index in [1.54, 1.807) is 31.6 Å². The maximum atomic E-state index is 14.2. The molecule has 1 aromatic carbocycles. The Bertz CT molecular complexity index is 1350. The van der Waals surface area contributed by atoms with Gasteiger partial charge in [0.05, 0.1) is 19.0 Å². The number of amides is 1. The van der Waals surface area contributed by atoms with Crippen LogP contribution in [-0.2, 0) is 4.79 Å². The molecule has 4 aromatic rings. The number of nitrogens with one attached hydrogen (secondary N) is 1. The number of halogens is 1. The van der Waals surface area contributed by atoms with E-state index < -0.39 is 5.95 Å². The third kappa shape index (κ3) is 4.14. The van der Waals surface area contributed by atoms with E-state index in [1.165, 1.54) is 6.20 Å². The third-order valence-corrected chi connectivity index (χ3v) is 6.25. The van der Waals surface area contributed by atoms with Crippen LogP contribution >= 0.6 is 0 Å². The first-order chi connectivity index (χ1) is 16.5. The quantitative estimate of drug-likeness (QED) is 0.431. The number of benzene rings is 1. The molecule has 3 aromatic heterocycles. The van der Waals surface area contributed by atoms with Crippen molar-refractivity contribution in [3.05, 3.63) is 54.9 Å². The number of methoxy groups -OCH3 is 1. The van der Waals surface area contributed by atoms with Crippen LogP contribution in [0.2, 0.25) is 0 Å². The van der Waals surface area contributed by atoms with Crippen LogP contribution in [0, 0.1) is 11.9 Å². The summed E-state index contributed by atoms with van der Waals surface area (Å²) in [7, 11) is 1.59. The van der Waals surface area contributed by atoms with Gasteiger partial charge in [0.15, 0.2) is 17.3 Å². The van der Waals surface area contributed by atoms with Crippen molar-refractivity contribution in [1.29, 1.82) is 0 Å². The van der Waals surface area contributed by atoms with Crippen molar-refractivity contribution >= 4 is 28.6 Å². The molecule has 3 N–H and O–H groups in total. The van der Waals surface area contributed by atoms with Gasteiger partial charge in [0, 0.05) is 29.9 Å². The molecule has 1 aliphatic carbocycles. The second-order valence-electron chi connectivity index (χ2n) is 8.32. The summed E-state index contributed by atoms with van der Waals surface area (Å²) in [5.41, 5.74) is 8.04. The Labute approximate surface area is 195 Å². The largest absolute Gasteiger partial charge is 0.497 e. The van der Waals surface area contributed by atoms with Crippen molar-refractivity contribution in [1.82, 2.24) is 24.5 Å². The van der Waals surface area contributed by atoms with Crippen LogP contribution in [0.5, 0.6) is 5.75 Å². The van der Waals surface area contributed by atoms with E-state index in [0.717, 1.165) is 31.4 Å². The van der Waals surface area contributed by atoms with Crippen molar-refractivity contribution < 1.29 is 13.9 Å². The van der Waals surface area contributed by atoms with Gasteiger partial charge in [-0.3, -0.25) is 4.79 Å². The zero-order valence-electron chi connectivity index (χ0n) is 18.6. The number of anilines is 2. The van der Waals surface area contributed by atoms with E-state index in [2.05, 4.69) is 25.3 Å². The van der Waals surface area contributed by atoms with Crippen LogP contribution in [0.3, 0.4) is 0 Å². The third-order valence-electron chi connectivity index (χ3n) is 6.25. The maximum absolute atomic E-state index is 14.2. The van der Waals surface area contributed by atoms with Crippen molar-refractivity contribution in [3.8, 4) is 17.1 Å². The Balaban J connectivity index is 1.33. The van der Waals surface area contributed by atoms with Crippen LogP contribution in [0.4, 0.5) is 15.9 Å². The van der Waals surface area contributed by atoms with Gasteiger partial charge in [-0.1, -0.05) is 6.07 Å². The Morgan fingerprint density at radius 2 is 1.97 bits per heavy atom. The van der Waals surface area contributed by atoms with Gasteiger partial charge < -0.3 is 20.4 Å². The minimum absolute atomic E-state index is 0.00287.